The summed E-state index contributed by atoms with van der Waals surface area (Å²) < 4.78 is 24.2. The molecule has 8 rings (SSSR count). The molecule has 6 atom stereocenters. The number of carbonyl (C=O) groups excluding carboxylic acids is 4. The molecule has 4 aromatic carbocycles. The normalized spacial score (nSPS) is 22.9. The summed E-state index contributed by atoms with van der Waals surface area (Å²) in [5.74, 6) is 1.29. The number of nitrogens with zero attached hydrogens (tertiary/aromatic N) is 2. The average molecular weight is 1010 g/mol. The molecular weight excluding hydrogens is 925 g/mol. The largest absolute Gasteiger partial charge is 0.426 e. The van der Waals surface area contributed by atoms with Crippen LogP contribution in [0.2, 0.25) is 0 Å². The number of rotatable bonds is 27. The molecule has 0 saturated carbocycles. The fourth-order valence-electron chi connectivity index (χ4n) is 13.4. The minimum absolute atomic E-state index is 0.00386. The number of hydrogen-bond donors (Lipinski definition) is 0. The summed E-state index contributed by atoms with van der Waals surface area (Å²) in [5.41, 5.74) is 1.02. The lowest BCUT2D eigenvalue weighted by atomic mass is 9.77. The van der Waals surface area contributed by atoms with E-state index in [4.69, 9.17) is 18.9 Å². The van der Waals surface area contributed by atoms with Gasteiger partial charge in [0.25, 0.3) is 0 Å². The smallest absolute Gasteiger partial charge is 0.311 e. The van der Waals surface area contributed by atoms with Crippen molar-refractivity contribution in [3.63, 3.8) is 0 Å². The second kappa shape index (κ2) is 24.9. The first-order valence-corrected chi connectivity index (χ1v) is 29.0. The van der Waals surface area contributed by atoms with Crippen molar-refractivity contribution >= 4 is 45.3 Å². The first kappa shape index (κ1) is 55.4. The molecule has 10 nitrogen and oxygen atoms in total. The Morgan fingerprint density at radius 1 is 0.473 bits per heavy atom. The summed E-state index contributed by atoms with van der Waals surface area (Å²) in [4.78, 5) is 57.5. The van der Waals surface area contributed by atoms with Crippen LogP contribution in [-0.4, -0.2) is 70.3 Å². The molecule has 4 heterocycles. The number of benzene rings is 4. The van der Waals surface area contributed by atoms with E-state index in [9.17, 15) is 19.2 Å². The van der Waals surface area contributed by atoms with Crippen LogP contribution in [0.3, 0.4) is 0 Å². The Morgan fingerprint density at radius 2 is 0.770 bits per heavy atom. The number of fused-ring (bicyclic) bond motifs is 4. The molecule has 0 aromatic heterocycles. The first-order valence-electron chi connectivity index (χ1n) is 29.0. The predicted octanol–water partition coefficient (Wildman–Crippen LogP) is 15.0. The van der Waals surface area contributed by atoms with E-state index >= 15 is 0 Å². The van der Waals surface area contributed by atoms with E-state index in [2.05, 4.69) is 52.0 Å². The lowest BCUT2D eigenvalue weighted by Crippen LogP contribution is -2.44. The van der Waals surface area contributed by atoms with Crippen LogP contribution in [-0.2, 0) is 28.7 Å². The van der Waals surface area contributed by atoms with Crippen molar-refractivity contribution in [3.05, 3.63) is 83.9 Å². The maximum Gasteiger partial charge on any atom is 0.311 e. The van der Waals surface area contributed by atoms with Crippen LogP contribution in [0.5, 0.6) is 11.5 Å². The molecule has 0 spiro atoms. The summed E-state index contributed by atoms with van der Waals surface area (Å²) >= 11 is 0. The standard InChI is InChI=1S/C64H88N2O8/c1-43(2)57-59(51-41-71-63(5,6)65(51)61(57)69)49-37-39-53(47-33-29-27-31-45(47)49)73-55(67)35-25-23-21-19-17-15-13-11-9-10-12-14-16-18-20-22-24-26-36-56(68)74-54-40-38-50(46-32-28-30-34-48(46)54)60-52-42-72-64(7,8)66(52)62(70)58(60)44(3)4/h27-34,37-40,43-44,51-52,57-60H,9-26,35-36,41-42H2,1-8H3/t51-,52-,57-,58-,59-,60-/m1/s1. The van der Waals surface area contributed by atoms with Crippen LogP contribution < -0.4 is 9.47 Å². The van der Waals surface area contributed by atoms with Gasteiger partial charge in [0.05, 0.1) is 25.3 Å². The van der Waals surface area contributed by atoms with Gasteiger partial charge in [-0.25, -0.2) is 0 Å². The van der Waals surface area contributed by atoms with Gasteiger partial charge in [-0.1, -0.05) is 191 Å². The maximum atomic E-state index is 13.7. The molecule has 402 valence electrons. The zero-order valence-corrected chi connectivity index (χ0v) is 46.3. The summed E-state index contributed by atoms with van der Waals surface area (Å²) in [5, 5.41) is 3.91. The van der Waals surface area contributed by atoms with Gasteiger partial charge >= 0.3 is 11.9 Å². The van der Waals surface area contributed by atoms with Crippen LogP contribution in [0.15, 0.2) is 72.8 Å². The number of esters is 2. The Hall–Kier alpha value is -4.80. The number of amides is 2. The summed E-state index contributed by atoms with van der Waals surface area (Å²) in [6.45, 7) is 17.5. The average Bonchev–Trinajstić information content (AvgIpc) is 4.07. The molecule has 2 amide bonds. The highest BCUT2D eigenvalue weighted by Crippen LogP contribution is 2.53. The number of carbonyl (C=O) groups is 4. The molecule has 4 aliphatic rings. The molecule has 0 aliphatic carbocycles. The monoisotopic (exact) mass is 1010 g/mol. The molecular formula is C64H88N2O8. The summed E-state index contributed by atoms with van der Waals surface area (Å²) in [6.07, 6.45) is 22.4. The Labute approximate surface area is 443 Å². The highest BCUT2D eigenvalue weighted by atomic mass is 16.5. The summed E-state index contributed by atoms with van der Waals surface area (Å²) in [6, 6.07) is 24.3. The Kier molecular flexibility index (Phi) is 18.7. The third-order valence-corrected chi connectivity index (χ3v) is 17.1. The van der Waals surface area contributed by atoms with Gasteiger partial charge < -0.3 is 28.7 Å². The Bertz CT molecular complexity index is 2390. The second-order valence-corrected chi connectivity index (χ2v) is 23.9. The van der Waals surface area contributed by atoms with Gasteiger partial charge in [0.2, 0.25) is 11.8 Å². The summed E-state index contributed by atoms with van der Waals surface area (Å²) in [7, 11) is 0. The fraction of sp³-hybridized carbons (Fsp3) is 0.625. The van der Waals surface area contributed by atoms with Crippen molar-refractivity contribution in [3.8, 4) is 11.5 Å². The van der Waals surface area contributed by atoms with Gasteiger partial charge in [0, 0.05) is 47.3 Å². The van der Waals surface area contributed by atoms with Crippen molar-refractivity contribution in [2.45, 2.75) is 219 Å². The zero-order chi connectivity index (χ0) is 52.6. The second-order valence-electron chi connectivity index (χ2n) is 23.9. The van der Waals surface area contributed by atoms with Crippen molar-refractivity contribution in [1.82, 2.24) is 9.80 Å². The fourth-order valence-corrected chi connectivity index (χ4v) is 13.4. The third kappa shape index (κ3) is 12.4. The van der Waals surface area contributed by atoms with E-state index in [0.717, 1.165) is 71.2 Å². The van der Waals surface area contributed by atoms with Gasteiger partial charge in [-0.15, -0.1) is 0 Å². The number of ether oxygens (including phenoxy) is 4. The molecule has 4 fully saturated rings. The quantitative estimate of drug-likeness (QED) is 0.0330. The number of hydrogen-bond acceptors (Lipinski definition) is 8. The van der Waals surface area contributed by atoms with Crippen LogP contribution in [0.4, 0.5) is 0 Å². The van der Waals surface area contributed by atoms with Gasteiger partial charge in [0.1, 0.15) is 22.9 Å². The van der Waals surface area contributed by atoms with E-state index in [-0.39, 0.29) is 71.3 Å². The first-order chi connectivity index (χ1) is 35.6. The van der Waals surface area contributed by atoms with Gasteiger partial charge in [-0.05, 0) is 86.4 Å². The molecule has 0 bridgehead atoms. The van der Waals surface area contributed by atoms with Gasteiger partial charge in [0.15, 0.2) is 0 Å². The maximum absolute atomic E-state index is 13.7. The molecule has 0 N–H and O–H groups in total. The molecule has 4 saturated heterocycles. The van der Waals surface area contributed by atoms with Gasteiger partial charge in [-0.3, -0.25) is 19.2 Å². The topological polar surface area (TPSA) is 112 Å². The van der Waals surface area contributed by atoms with E-state index < -0.39 is 11.4 Å². The van der Waals surface area contributed by atoms with Crippen LogP contribution in [0.1, 0.15) is 207 Å². The van der Waals surface area contributed by atoms with E-state index in [1.165, 1.54) is 77.0 Å². The van der Waals surface area contributed by atoms with E-state index in [1.807, 2.05) is 86.0 Å². The third-order valence-electron chi connectivity index (χ3n) is 17.1. The van der Waals surface area contributed by atoms with E-state index in [0.29, 0.717) is 37.6 Å². The van der Waals surface area contributed by atoms with E-state index in [1.54, 1.807) is 0 Å². The molecule has 74 heavy (non-hydrogen) atoms. The number of unbranched alkanes of at least 4 members (excludes halogenated alkanes) is 17. The van der Waals surface area contributed by atoms with Gasteiger partial charge in [-0.2, -0.15) is 0 Å². The van der Waals surface area contributed by atoms with Crippen LogP contribution in [0, 0.1) is 23.7 Å². The highest BCUT2D eigenvalue weighted by Gasteiger charge is 2.59. The van der Waals surface area contributed by atoms with Crippen LogP contribution in [0.25, 0.3) is 21.5 Å². The van der Waals surface area contributed by atoms with Crippen molar-refractivity contribution < 1.29 is 38.1 Å². The van der Waals surface area contributed by atoms with Crippen molar-refractivity contribution in [2.75, 3.05) is 13.2 Å². The molecule has 4 aromatic rings. The highest BCUT2D eigenvalue weighted by molar-refractivity contribution is 5.96. The van der Waals surface area contributed by atoms with Crippen molar-refractivity contribution in [2.24, 2.45) is 23.7 Å². The van der Waals surface area contributed by atoms with Crippen molar-refractivity contribution in [1.29, 1.82) is 0 Å². The Balaban J connectivity index is 0.630. The molecule has 10 heteroatoms. The molecule has 0 unspecified atom stereocenters. The predicted molar refractivity (Wildman–Crippen MR) is 295 cm³/mol. The SMILES string of the molecule is CC(C)[C@H]1C(=O)N2[C@H](COC2(C)C)[C@H]1c1ccc(OC(=O)CCCCCCCCCCCCCCCCCCCCC(=O)Oc2ccc([C@H]3[C@@H](C(C)C)C(=O)N4[C@@H]3COC4(C)C)c3ccccc23)c2ccccc12. The lowest BCUT2D eigenvalue weighted by molar-refractivity contribution is -0.147. The zero-order valence-electron chi connectivity index (χ0n) is 46.3. The Morgan fingerprint density at radius 3 is 1.08 bits per heavy atom. The lowest BCUT2D eigenvalue weighted by Gasteiger charge is -2.30. The minimum atomic E-state index is -0.617. The van der Waals surface area contributed by atoms with Crippen LogP contribution >= 0.6 is 0 Å². The molecule has 0 radical (unpaired) electrons. The minimum Gasteiger partial charge on any atom is -0.426 e. The molecule has 4 aliphatic heterocycles.